The van der Waals surface area contributed by atoms with E-state index in [4.69, 9.17) is 4.74 Å². The number of amides is 1. The molecule has 27 heavy (non-hydrogen) atoms. The van der Waals surface area contributed by atoms with Gasteiger partial charge in [0.15, 0.2) is 0 Å². The molecule has 0 aliphatic carbocycles. The van der Waals surface area contributed by atoms with Crippen LogP contribution in [0.5, 0.6) is 5.75 Å². The van der Waals surface area contributed by atoms with Gasteiger partial charge >= 0.3 is 0 Å². The highest BCUT2D eigenvalue weighted by Crippen LogP contribution is 2.27. The lowest BCUT2D eigenvalue weighted by atomic mass is 10.0. The molecular formula is C22H32N2O2S. The Kier molecular flexibility index (Phi) is 7.84. The molecule has 0 atom stereocenters. The average molecular weight is 389 g/mol. The summed E-state index contributed by atoms with van der Waals surface area (Å²) in [6.07, 6.45) is 0. The lowest BCUT2D eigenvalue weighted by Crippen LogP contribution is -2.36. The van der Waals surface area contributed by atoms with Crippen molar-refractivity contribution >= 4 is 17.2 Å². The Balaban J connectivity index is 2.02. The predicted octanol–water partition coefficient (Wildman–Crippen LogP) is 5.49. The first-order valence-electron chi connectivity index (χ1n) is 9.71. The zero-order valence-corrected chi connectivity index (χ0v) is 18.2. The first-order valence-corrected chi connectivity index (χ1v) is 10.6. The molecule has 0 spiro atoms. The summed E-state index contributed by atoms with van der Waals surface area (Å²) < 4.78 is 6.02. The van der Waals surface area contributed by atoms with Crippen LogP contribution in [0, 0.1) is 11.8 Å². The maximum atomic E-state index is 12.5. The first kappa shape index (κ1) is 21.4. The molecule has 1 amide bonds. The molecule has 148 valence electrons. The standard InChI is InChI=1S/C22H32N2O2S/c1-15(2)11-24(22(25)17(5)6)12-18-14-27-21(23-18)13-26-20-10-8-7-9-19(20)16(3)4/h7-10,14-17H,11-13H2,1-6H3. The van der Waals surface area contributed by atoms with E-state index in [1.54, 1.807) is 11.3 Å². The smallest absolute Gasteiger partial charge is 0.225 e. The topological polar surface area (TPSA) is 42.4 Å². The van der Waals surface area contributed by atoms with Gasteiger partial charge in [0.2, 0.25) is 5.91 Å². The summed E-state index contributed by atoms with van der Waals surface area (Å²) in [5.74, 6) is 1.94. The Morgan fingerprint density at radius 2 is 1.85 bits per heavy atom. The minimum atomic E-state index is -0.00211. The van der Waals surface area contributed by atoms with Gasteiger partial charge in [-0.05, 0) is 23.5 Å². The van der Waals surface area contributed by atoms with E-state index in [0.717, 1.165) is 23.0 Å². The Hall–Kier alpha value is -1.88. The predicted molar refractivity (Wildman–Crippen MR) is 112 cm³/mol. The Morgan fingerprint density at radius 1 is 1.15 bits per heavy atom. The molecule has 2 rings (SSSR count). The zero-order chi connectivity index (χ0) is 20.0. The van der Waals surface area contributed by atoms with Crippen LogP contribution in [0.4, 0.5) is 0 Å². The molecular weight excluding hydrogens is 356 g/mol. The first-order chi connectivity index (χ1) is 12.8. The minimum absolute atomic E-state index is 0.00211. The largest absolute Gasteiger partial charge is 0.486 e. The molecule has 4 nitrogen and oxygen atoms in total. The molecule has 0 N–H and O–H groups in total. The van der Waals surface area contributed by atoms with Crippen LogP contribution in [0.2, 0.25) is 0 Å². The van der Waals surface area contributed by atoms with Crippen molar-refractivity contribution in [2.24, 2.45) is 11.8 Å². The molecule has 1 aromatic carbocycles. The van der Waals surface area contributed by atoms with E-state index in [-0.39, 0.29) is 11.8 Å². The van der Waals surface area contributed by atoms with E-state index in [0.29, 0.717) is 25.0 Å². The number of carbonyl (C=O) groups is 1. The van der Waals surface area contributed by atoms with Crippen molar-refractivity contribution in [3.63, 3.8) is 0 Å². The number of ether oxygens (including phenoxy) is 1. The van der Waals surface area contributed by atoms with Crippen LogP contribution in [0.15, 0.2) is 29.6 Å². The number of rotatable bonds is 9. The third-order valence-corrected chi connectivity index (χ3v) is 5.11. The third-order valence-electron chi connectivity index (χ3n) is 4.24. The van der Waals surface area contributed by atoms with Crippen molar-refractivity contribution in [3.05, 3.63) is 45.9 Å². The van der Waals surface area contributed by atoms with E-state index in [9.17, 15) is 4.79 Å². The minimum Gasteiger partial charge on any atom is -0.486 e. The number of thiazole rings is 1. The van der Waals surface area contributed by atoms with Crippen molar-refractivity contribution in [2.45, 2.75) is 60.6 Å². The van der Waals surface area contributed by atoms with Crippen molar-refractivity contribution in [1.29, 1.82) is 0 Å². The molecule has 0 bridgehead atoms. The number of hydrogen-bond acceptors (Lipinski definition) is 4. The van der Waals surface area contributed by atoms with Gasteiger partial charge in [0.25, 0.3) is 0 Å². The van der Waals surface area contributed by atoms with Gasteiger partial charge in [-0.2, -0.15) is 0 Å². The SMILES string of the molecule is CC(C)CN(Cc1csc(COc2ccccc2C(C)C)n1)C(=O)C(C)C. The van der Waals surface area contributed by atoms with Crippen molar-refractivity contribution in [2.75, 3.05) is 6.54 Å². The van der Waals surface area contributed by atoms with Gasteiger partial charge in [0.05, 0.1) is 12.2 Å². The summed E-state index contributed by atoms with van der Waals surface area (Å²) in [5, 5.41) is 2.97. The Labute approximate surface area is 167 Å². The van der Waals surface area contributed by atoms with Gasteiger partial charge in [-0.3, -0.25) is 4.79 Å². The Morgan fingerprint density at radius 3 is 2.48 bits per heavy atom. The summed E-state index contributed by atoms with van der Waals surface area (Å²) in [6, 6.07) is 8.15. The van der Waals surface area contributed by atoms with Crippen LogP contribution in [0.1, 0.15) is 63.7 Å². The van der Waals surface area contributed by atoms with E-state index < -0.39 is 0 Å². The van der Waals surface area contributed by atoms with Gasteiger partial charge < -0.3 is 9.64 Å². The van der Waals surface area contributed by atoms with Crippen molar-refractivity contribution in [1.82, 2.24) is 9.88 Å². The lowest BCUT2D eigenvalue weighted by Gasteiger charge is -2.25. The lowest BCUT2D eigenvalue weighted by molar-refractivity contribution is -0.135. The number of hydrogen-bond donors (Lipinski definition) is 0. The number of nitrogens with zero attached hydrogens (tertiary/aromatic N) is 2. The van der Waals surface area contributed by atoms with Crippen LogP contribution in [0.3, 0.4) is 0 Å². The molecule has 1 aromatic heterocycles. The summed E-state index contributed by atoms with van der Waals surface area (Å²) in [4.78, 5) is 19.1. The fraction of sp³-hybridized carbons (Fsp3) is 0.545. The Bertz CT molecular complexity index is 737. The van der Waals surface area contributed by atoms with Crippen LogP contribution in [-0.2, 0) is 17.9 Å². The maximum Gasteiger partial charge on any atom is 0.225 e. The molecule has 5 heteroatoms. The number of benzene rings is 1. The maximum absolute atomic E-state index is 12.5. The molecule has 0 unspecified atom stereocenters. The molecule has 0 aliphatic rings. The molecule has 0 radical (unpaired) electrons. The van der Waals surface area contributed by atoms with Gasteiger partial charge in [0, 0.05) is 17.8 Å². The second kappa shape index (κ2) is 9.88. The normalized spacial score (nSPS) is 11.4. The number of carbonyl (C=O) groups excluding carboxylic acids is 1. The molecule has 0 saturated carbocycles. The van der Waals surface area contributed by atoms with Gasteiger partial charge in [-0.1, -0.05) is 59.7 Å². The second-order valence-electron chi connectivity index (χ2n) is 7.98. The fourth-order valence-electron chi connectivity index (χ4n) is 2.95. The van der Waals surface area contributed by atoms with Gasteiger partial charge in [0.1, 0.15) is 17.4 Å². The summed E-state index contributed by atoms with van der Waals surface area (Å²) in [7, 11) is 0. The second-order valence-corrected chi connectivity index (χ2v) is 8.92. The summed E-state index contributed by atoms with van der Waals surface area (Å²) >= 11 is 1.59. The highest BCUT2D eigenvalue weighted by Gasteiger charge is 2.19. The average Bonchev–Trinajstić information content (AvgIpc) is 3.05. The highest BCUT2D eigenvalue weighted by molar-refractivity contribution is 7.09. The number of aromatic nitrogens is 1. The number of para-hydroxylation sites is 1. The van der Waals surface area contributed by atoms with Crippen LogP contribution < -0.4 is 4.74 Å². The molecule has 1 heterocycles. The van der Waals surface area contributed by atoms with Crippen molar-refractivity contribution < 1.29 is 9.53 Å². The molecule has 0 aliphatic heterocycles. The van der Waals surface area contributed by atoms with E-state index in [1.807, 2.05) is 42.3 Å². The summed E-state index contributed by atoms with van der Waals surface area (Å²) in [5.41, 5.74) is 2.14. The fourth-order valence-corrected chi connectivity index (χ4v) is 3.65. The molecule has 0 saturated heterocycles. The molecule has 0 fully saturated rings. The van der Waals surface area contributed by atoms with Crippen LogP contribution in [0.25, 0.3) is 0 Å². The molecule has 2 aromatic rings. The van der Waals surface area contributed by atoms with Crippen molar-refractivity contribution in [3.8, 4) is 5.75 Å². The van der Waals surface area contributed by atoms with E-state index in [1.165, 1.54) is 5.56 Å². The van der Waals surface area contributed by atoms with E-state index in [2.05, 4.69) is 38.7 Å². The quantitative estimate of drug-likeness (QED) is 0.571. The van der Waals surface area contributed by atoms with Gasteiger partial charge in [-0.15, -0.1) is 11.3 Å². The van der Waals surface area contributed by atoms with Crippen LogP contribution in [-0.4, -0.2) is 22.3 Å². The van der Waals surface area contributed by atoms with E-state index >= 15 is 0 Å². The third kappa shape index (κ3) is 6.35. The summed E-state index contributed by atoms with van der Waals surface area (Å²) in [6.45, 7) is 14.3. The highest BCUT2D eigenvalue weighted by atomic mass is 32.1. The van der Waals surface area contributed by atoms with Crippen LogP contribution >= 0.6 is 11.3 Å². The zero-order valence-electron chi connectivity index (χ0n) is 17.4. The van der Waals surface area contributed by atoms with Gasteiger partial charge in [-0.25, -0.2) is 4.98 Å². The monoisotopic (exact) mass is 388 g/mol.